The Morgan fingerprint density at radius 2 is 2.08 bits per heavy atom. The van der Waals surface area contributed by atoms with Crippen molar-refractivity contribution in [3.8, 4) is 10.6 Å². The first-order valence-electron chi connectivity index (χ1n) is 7.91. The molecular weight excluding hydrogens is 338 g/mol. The second kappa shape index (κ2) is 6.40. The van der Waals surface area contributed by atoms with E-state index >= 15 is 0 Å². The van der Waals surface area contributed by atoms with Crippen LogP contribution in [-0.4, -0.2) is 35.3 Å². The molecule has 0 aliphatic carbocycles. The quantitative estimate of drug-likeness (QED) is 0.853. The van der Waals surface area contributed by atoms with Gasteiger partial charge >= 0.3 is 5.97 Å². The Hall–Kier alpha value is -2.54. The highest BCUT2D eigenvalue weighted by molar-refractivity contribution is 7.13. The smallest absolute Gasteiger partial charge is 0.340 e. The monoisotopic (exact) mass is 357 g/mol. The molecule has 2 aromatic heterocycles. The predicted octanol–water partition coefficient (Wildman–Crippen LogP) is 2.89. The van der Waals surface area contributed by atoms with Gasteiger partial charge in [0, 0.05) is 0 Å². The van der Waals surface area contributed by atoms with E-state index in [2.05, 4.69) is 15.3 Å². The van der Waals surface area contributed by atoms with Gasteiger partial charge in [0.1, 0.15) is 11.2 Å². The fourth-order valence-electron chi connectivity index (χ4n) is 2.52. The largest absolute Gasteiger partial charge is 0.465 e. The van der Waals surface area contributed by atoms with Gasteiger partial charge in [-0.1, -0.05) is 19.9 Å². The molecule has 130 valence electrons. The lowest BCUT2D eigenvalue weighted by Crippen LogP contribution is -2.41. The summed E-state index contributed by atoms with van der Waals surface area (Å²) >= 11 is 1.55. The van der Waals surface area contributed by atoms with Crippen LogP contribution in [0.2, 0.25) is 0 Å². The van der Waals surface area contributed by atoms with Crippen LogP contribution in [0.3, 0.4) is 0 Å². The minimum absolute atomic E-state index is 0.00653. The molecule has 0 saturated heterocycles. The Labute approximate surface area is 150 Å². The summed E-state index contributed by atoms with van der Waals surface area (Å²) in [5, 5.41) is 4.73. The van der Waals surface area contributed by atoms with Crippen molar-refractivity contribution in [2.75, 3.05) is 7.11 Å². The van der Waals surface area contributed by atoms with Gasteiger partial charge in [-0.25, -0.2) is 14.8 Å². The number of carbonyl (C=O) groups is 2. The number of hydrogen-bond acceptors (Lipinski definition) is 6. The summed E-state index contributed by atoms with van der Waals surface area (Å²) in [6, 6.07) is 7.30. The third-order valence-corrected chi connectivity index (χ3v) is 5.35. The highest BCUT2D eigenvalue weighted by atomic mass is 32.1. The molecule has 3 heterocycles. The Balaban J connectivity index is 2.15. The van der Waals surface area contributed by atoms with Crippen LogP contribution < -0.4 is 5.32 Å². The zero-order chi connectivity index (χ0) is 18.2. The molecule has 1 aliphatic heterocycles. The van der Waals surface area contributed by atoms with Crippen molar-refractivity contribution in [2.45, 2.75) is 26.3 Å². The average molecular weight is 357 g/mol. The van der Waals surface area contributed by atoms with Gasteiger partial charge in [-0.3, -0.25) is 4.79 Å². The van der Waals surface area contributed by atoms with Crippen LogP contribution in [0.25, 0.3) is 10.6 Å². The summed E-state index contributed by atoms with van der Waals surface area (Å²) in [6.07, 6.45) is 0. The maximum Gasteiger partial charge on any atom is 0.340 e. The number of carbonyl (C=O) groups excluding carboxylic acids is 2. The molecule has 0 fully saturated rings. The lowest BCUT2D eigenvalue weighted by atomic mass is 9.89. The molecule has 0 radical (unpaired) electrons. The van der Waals surface area contributed by atoms with Gasteiger partial charge in [0.2, 0.25) is 0 Å². The van der Waals surface area contributed by atoms with E-state index in [1.54, 1.807) is 30.4 Å². The summed E-state index contributed by atoms with van der Waals surface area (Å²) in [6.45, 7) is 5.65. The van der Waals surface area contributed by atoms with Gasteiger partial charge in [-0.05, 0) is 36.4 Å². The number of methoxy groups -OCH3 is 1. The minimum Gasteiger partial charge on any atom is -0.465 e. The normalized spacial score (nSPS) is 19.7. The first-order chi connectivity index (χ1) is 11.9. The number of rotatable bonds is 4. The number of esters is 1. The van der Waals surface area contributed by atoms with Gasteiger partial charge in [-0.2, -0.15) is 0 Å². The molecule has 1 atom stereocenters. The summed E-state index contributed by atoms with van der Waals surface area (Å²) in [7, 11) is 1.31. The first-order valence-corrected chi connectivity index (χ1v) is 8.79. The fourth-order valence-corrected chi connectivity index (χ4v) is 3.22. The maximum absolute atomic E-state index is 12.4. The van der Waals surface area contributed by atoms with Crippen molar-refractivity contribution < 1.29 is 14.3 Å². The van der Waals surface area contributed by atoms with Crippen LogP contribution in [0.15, 0.2) is 34.6 Å². The van der Waals surface area contributed by atoms with Gasteiger partial charge in [0.05, 0.1) is 23.2 Å². The molecule has 3 rings (SSSR count). The minimum atomic E-state index is -0.886. The molecule has 0 spiro atoms. The highest BCUT2D eigenvalue weighted by Crippen LogP contribution is 2.29. The van der Waals surface area contributed by atoms with Crippen LogP contribution in [0.5, 0.6) is 0 Å². The van der Waals surface area contributed by atoms with Crippen molar-refractivity contribution in [3.05, 3.63) is 40.9 Å². The van der Waals surface area contributed by atoms with E-state index in [-0.39, 0.29) is 17.4 Å². The van der Waals surface area contributed by atoms with Gasteiger partial charge in [0.25, 0.3) is 5.91 Å². The molecule has 6 nitrogen and oxygen atoms in total. The molecular formula is C18H19N3O3S. The zero-order valence-electron chi connectivity index (χ0n) is 14.5. The molecule has 0 saturated carbocycles. The number of thiophene rings is 1. The molecule has 25 heavy (non-hydrogen) atoms. The zero-order valence-corrected chi connectivity index (χ0v) is 15.3. The third kappa shape index (κ3) is 2.95. The SMILES string of the molecule is COC(=O)c1ccc(-c2cccs2)nc1C1=NC(C)(C(C)C)C(=O)N1. The van der Waals surface area contributed by atoms with Crippen LogP contribution >= 0.6 is 11.3 Å². The number of aromatic nitrogens is 1. The van der Waals surface area contributed by atoms with Gasteiger partial charge in [-0.15, -0.1) is 11.3 Å². The Bertz CT molecular complexity index is 858. The van der Waals surface area contributed by atoms with Crippen LogP contribution in [0.1, 0.15) is 36.8 Å². The molecule has 2 aromatic rings. The fraction of sp³-hybridized carbons (Fsp3) is 0.333. The van der Waals surface area contributed by atoms with Crippen molar-refractivity contribution in [1.82, 2.24) is 10.3 Å². The van der Waals surface area contributed by atoms with Crippen LogP contribution in [0, 0.1) is 5.92 Å². The number of amidine groups is 1. The topological polar surface area (TPSA) is 80.7 Å². The van der Waals surface area contributed by atoms with E-state index in [9.17, 15) is 9.59 Å². The number of hydrogen-bond donors (Lipinski definition) is 1. The lowest BCUT2D eigenvalue weighted by molar-refractivity contribution is -0.124. The first kappa shape index (κ1) is 17.3. The molecule has 0 bridgehead atoms. The van der Waals surface area contributed by atoms with Gasteiger partial charge in [0.15, 0.2) is 5.84 Å². The predicted molar refractivity (Wildman–Crippen MR) is 96.8 cm³/mol. The van der Waals surface area contributed by atoms with Crippen LogP contribution in [0.4, 0.5) is 0 Å². The molecule has 0 aromatic carbocycles. The molecule has 7 heteroatoms. The summed E-state index contributed by atoms with van der Waals surface area (Å²) in [5.74, 6) is -0.404. The molecule has 1 amide bonds. The standard InChI is InChI=1S/C18H19N3O3S/c1-10(2)18(3)17(23)20-15(21-18)14-11(16(22)24-4)7-8-12(19-14)13-6-5-9-25-13/h5-10H,1-4H3,(H,20,21,23). The summed E-state index contributed by atoms with van der Waals surface area (Å²) < 4.78 is 4.85. The average Bonchev–Trinajstić information content (AvgIpc) is 3.23. The lowest BCUT2D eigenvalue weighted by Gasteiger charge is -2.21. The maximum atomic E-state index is 12.4. The molecule has 1 N–H and O–H groups in total. The van der Waals surface area contributed by atoms with Crippen molar-refractivity contribution in [2.24, 2.45) is 10.9 Å². The summed E-state index contributed by atoms with van der Waals surface area (Å²) in [5.41, 5.74) is 0.432. The van der Waals surface area contributed by atoms with E-state index in [4.69, 9.17) is 4.74 Å². The van der Waals surface area contributed by atoms with E-state index in [0.29, 0.717) is 17.2 Å². The second-order valence-electron chi connectivity index (χ2n) is 6.28. The number of pyridine rings is 1. The van der Waals surface area contributed by atoms with E-state index in [0.717, 1.165) is 4.88 Å². The number of ether oxygens (including phenoxy) is 1. The third-order valence-electron chi connectivity index (χ3n) is 4.46. The van der Waals surface area contributed by atoms with Crippen molar-refractivity contribution in [1.29, 1.82) is 0 Å². The Morgan fingerprint density at radius 3 is 2.64 bits per heavy atom. The van der Waals surface area contributed by atoms with Crippen LogP contribution in [-0.2, 0) is 9.53 Å². The van der Waals surface area contributed by atoms with E-state index < -0.39 is 11.5 Å². The van der Waals surface area contributed by atoms with E-state index in [1.807, 2.05) is 31.4 Å². The number of nitrogens with one attached hydrogen (secondary N) is 1. The number of aliphatic imine (C=N–C) groups is 1. The van der Waals surface area contributed by atoms with Gasteiger partial charge < -0.3 is 10.1 Å². The number of nitrogens with zero attached hydrogens (tertiary/aromatic N) is 2. The highest BCUT2D eigenvalue weighted by Gasteiger charge is 2.43. The van der Waals surface area contributed by atoms with E-state index in [1.165, 1.54) is 7.11 Å². The molecule has 1 unspecified atom stereocenters. The van der Waals surface area contributed by atoms with Crippen molar-refractivity contribution >= 4 is 29.0 Å². The number of amides is 1. The molecule has 1 aliphatic rings. The second-order valence-corrected chi connectivity index (χ2v) is 7.23. The summed E-state index contributed by atoms with van der Waals surface area (Å²) in [4.78, 5) is 34.7. The van der Waals surface area contributed by atoms with Crippen molar-refractivity contribution in [3.63, 3.8) is 0 Å². The Morgan fingerprint density at radius 1 is 1.32 bits per heavy atom. The Kier molecular flexibility index (Phi) is 4.43.